The Morgan fingerprint density at radius 1 is 1.40 bits per heavy atom. The minimum Gasteiger partial charge on any atom is -0.352 e. The van der Waals surface area contributed by atoms with Crippen molar-refractivity contribution in [3.05, 3.63) is 28.7 Å². The van der Waals surface area contributed by atoms with E-state index in [0.29, 0.717) is 5.82 Å². The molecule has 1 aromatic carbocycles. The Bertz CT molecular complexity index is 581. The van der Waals surface area contributed by atoms with Crippen LogP contribution >= 0.6 is 15.9 Å². The predicted octanol–water partition coefficient (Wildman–Crippen LogP) is 2.02. The second kappa shape index (κ2) is 6.60. The van der Waals surface area contributed by atoms with Crippen molar-refractivity contribution in [2.75, 3.05) is 0 Å². The van der Waals surface area contributed by atoms with Gasteiger partial charge >= 0.3 is 0 Å². The number of carbonyl (C=O) groups excluding carboxylic acids is 1. The molecule has 2 rings (SSSR count). The predicted molar refractivity (Wildman–Crippen MR) is 78.8 cm³/mol. The molecule has 6 nitrogen and oxygen atoms in total. The van der Waals surface area contributed by atoms with Gasteiger partial charge in [-0.15, -0.1) is 10.2 Å². The maximum Gasteiger partial charge on any atom is 0.243 e. The monoisotopic (exact) mass is 337 g/mol. The average Bonchev–Trinajstić information content (AvgIpc) is 2.87. The van der Waals surface area contributed by atoms with Crippen LogP contribution in [0.15, 0.2) is 28.7 Å². The summed E-state index contributed by atoms with van der Waals surface area (Å²) in [6.45, 7) is 4.05. The van der Waals surface area contributed by atoms with Crippen molar-refractivity contribution < 1.29 is 4.79 Å². The molecule has 20 heavy (non-hydrogen) atoms. The van der Waals surface area contributed by atoms with Crippen LogP contribution in [-0.4, -0.2) is 32.2 Å². The third-order valence-corrected chi connectivity index (χ3v) is 3.39. The maximum absolute atomic E-state index is 11.7. The normalized spacial score (nSPS) is 12.2. The zero-order chi connectivity index (χ0) is 14.5. The van der Waals surface area contributed by atoms with Crippen molar-refractivity contribution in [1.82, 2.24) is 25.5 Å². The Balaban J connectivity index is 2.02. The van der Waals surface area contributed by atoms with Gasteiger partial charge in [0.25, 0.3) is 0 Å². The number of hydrogen-bond donors (Lipinski definition) is 1. The number of nitrogens with one attached hydrogen (secondary N) is 1. The van der Waals surface area contributed by atoms with Crippen LogP contribution in [-0.2, 0) is 11.3 Å². The summed E-state index contributed by atoms with van der Waals surface area (Å²) in [6, 6.07) is 7.75. The summed E-state index contributed by atoms with van der Waals surface area (Å²) in [7, 11) is 0. The minimum absolute atomic E-state index is 0.0773. The number of rotatable bonds is 5. The summed E-state index contributed by atoms with van der Waals surface area (Å²) in [6.07, 6.45) is 0.890. The summed E-state index contributed by atoms with van der Waals surface area (Å²) in [5.74, 6) is 0.396. The van der Waals surface area contributed by atoms with Crippen LogP contribution in [0.4, 0.5) is 0 Å². The lowest BCUT2D eigenvalue weighted by Gasteiger charge is -2.10. The summed E-state index contributed by atoms with van der Waals surface area (Å²) in [5.41, 5.74) is 0.863. The Morgan fingerprint density at radius 2 is 2.10 bits per heavy atom. The molecular weight excluding hydrogens is 322 g/mol. The molecule has 0 aliphatic rings. The van der Waals surface area contributed by atoms with Crippen molar-refractivity contribution in [2.45, 2.75) is 32.9 Å². The van der Waals surface area contributed by atoms with Gasteiger partial charge in [0.05, 0.1) is 0 Å². The van der Waals surface area contributed by atoms with Crippen molar-refractivity contribution in [2.24, 2.45) is 0 Å². The molecule has 0 aliphatic carbocycles. The molecule has 0 radical (unpaired) electrons. The number of halogens is 1. The highest BCUT2D eigenvalue weighted by Gasteiger charge is 2.10. The molecule has 1 atom stereocenters. The molecule has 1 aromatic heterocycles. The number of carbonyl (C=O) groups is 1. The van der Waals surface area contributed by atoms with E-state index >= 15 is 0 Å². The number of tetrazole rings is 1. The molecular formula is C13H16BrN5O. The molecule has 106 valence electrons. The van der Waals surface area contributed by atoms with E-state index in [0.717, 1.165) is 16.5 Å². The molecule has 2 aromatic rings. The lowest BCUT2D eigenvalue weighted by Crippen LogP contribution is -2.35. The van der Waals surface area contributed by atoms with E-state index < -0.39 is 0 Å². The smallest absolute Gasteiger partial charge is 0.243 e. The van der Waals surface area contributed by atoms with E-state index in [9.17, 15) is 4.79 Å². The van der Waals surface area contributed by atoms with E-state index in [1.807, 2.05) is 38.1 Å². The maximum atomic E-state index is 11.7. The Morgan fingerprint density at radius 3 is 2.75 bits per heavy atom. The first-order valence-corrected chi connectivity index (χ1v) is 7.21. The molecule has 7 heteroatoms. The molecule has 0 unspecified atom stereocenters. The van der Waals surface area contributed by atoms with Crippen molar-refractivity contribution in [1.29, 1.82) is 0 Å². The molecule has 0 bridgehead atoms. The molecule has 1 N–H and O–H groups in total. The van der Waals surface area contributed by atoms with Gasteiger partial charge in [0.2, 0.25) is 11.7 Å². The highest BCUT2D eigenvalue weighted by atomic mass is 79.9. The number of nitrogens with zero attached hydrogens (tertiary/aromatic N) is 4. The molecule has 0 saturated heterocycles. The fourth-order valence-electron chi connectivity index (χ4n) is 1.58. The van der Waals surface area contributed by atoms with Gasteiger partial charge in [-0.25, -0.2) is 0 Å². The standard InChI is InChI=1S/C13H16BrN5O/c1-3-9(2)15-12(20)8-19-17-13(16-18-19)10-4-6-11(14)7-5-10/h4-7,9H,3,8H2,1-2H3,(H,15,20)/t9-/m0/s1. The van der Waals surface area contributed by atoms with Crippen LogP contribution in [0.3, 0.4) is 0 Å². The van der Waals surface area contributed by atoms with E-state index in [2.05, 4.69) is 36.7 Å². The number of aromatic nitrogens is 4. The van der Waals surface area contributed by atoms with Crippen LogP contribution in [0.5, 0.6) is 0 Å². The lowest BCUT2D eigenvalue weighted by atomic mass is 10.2. The van der Waals surface area contributed by atoms with Gasteiger partial charge in [0.1, 0.15) is 6.54 Å². The molecule has 0 saturated carbocycles. The average molecular weight is 338 g/mol. The molecule has 1 amide bonds. The van der Waals surface area contributed by atoms with Crippen molar-refractivity contribution in [3.8, 4) is 11.4 Å². The molecule has 0 spiro atoms. The van der Waals surface area contributed by atoms with Crippen LogP contribution < -0.4 is 5.32 Å². The van der Waals surface area contributed by atoms with Crippen LogP contribution in [0.1, 0.15) is 20.3 Å². The third-order valence-electron chi connectivity index (χ3n) is 2.86. The first-order chi connectivity index (χ1) is 9.58. The molecule has 0 aliphatic heterocycles. The van der Waals surface area contributed by atoms with Gasteiger partial charge in [0, 0.05) is 16.1 Å². The second-order valence-corrected chi connectivity index (χ2v) is 5.44. The van der Waals surface area contributed by atoms with Crippen LogP contribution in [0.2, 0.25) is 0 Å². The van der Waals surface area contributed by atoms with Crippen molar-refractivity contribution >= 4 is 21.8 Å². The van der Waals surface area contributed by atoms with E-state index in [1.165, 1.54) is 4.80 Å². The lowest BCUT2D eigenvalue weighted by molar-refractivity contribution is -0.122. The van der Waals surface area contributed by atoms with E-state index in [4.69, 9.17) is 0 Å². The summed E-state index contributed by atoms with van der Waals surface area (Å²) >= 11 is 3.37. The second-order valence-electron chi connectivity index (χ2n) is 4.53. The molecule has 1 heterocycles. The van der Waals surface area contributed by atoms with Gasteiger partial charge in [0.15, 0.2) is 0 Å². The summed E-state index contributed by atoms with van der Waals surface area (Å²) < 4.78 is 0.988. The number of hydrogen-bond acceptors (Lipinski definition) is 4. The largest absolute Gasteiger partial charge is 0.352 e. The zero-order valence-electron chi connectivity index (χ0n) is 11.4. The van der Waals surface area contributed by atoms with Gasteiger partial charge in [-0.2, -0.15) is 4.80 Å². The first kappa shape index (κ1) is 14.6. The van der Waals surface area contributed by atoms with Gasteiger partial charge in [-0.3, -0.25) is 4.79 Å². The van der Waals surface area contributed by atoms with Gasteiger partial charge in [-0.05, 0) is 42.8 Å². The SMILES string of the molecule is CC[C@H](C)NC(=O)Cn1nnc(-c2ccc(Br)cc2)n1. The Labute approximate surface area is 125 Å². The topological polar surface area (TPSA) is 72.7 Å². The van der Waals surface area contributed by atoms with E-state index in [1.54, 1.807) is 0 Å². The quantitative estimate of drug-likeness (QED) is 0.905. The summed E-state index contributed by atoms with van der Waals surface area (Å²) in [5, 5.41) is 14.9. The van der Waals surface area contributed by atoms with E-state index in [-0.39, 0.29) is 18.5 Å². The van der Waals surface area contributed by atoms with Crippen LogP contribution in [0.25, 0.3) is 11.4 Å². The molecule has 0 fully saturated rings. The summed E-state index contributed by atoms with van der Waals surface area (Å²) in [4.78, 5) is 13.0. The van der Waals surface area contributed by atoms with Crippen LogP contribution in [0, 0.1) is 0 Å². The fraction of sp³-hybridized carbons (Fsp3) is 0.385. The number of benzene rings is 1. The number of amides is 1. The first-order valence-electron chi connectivity index (χ1n) is 6.41. The Kier molecular flexibility index (Phi) is 4.84. The zero-order valence-corrected chi connectivity index (χ0v) is 13.0. The van der Waals surface area contributed by atoms with Gasteiger partial charge < -0.3 is 5.32 Å². The Hall–Kier alpha value is -1.76. The third kappa shape index (κ3) is 3.86. The van der Waals surface area contributed by atoms with Crippen molar-refractivity contribution in [3.63, 3.8) is 0 Å². The highest BCUT2D eigenvalue weighted by Crippen LogP contribution is 2.17. The van der Waals surface area contributed by atoms with Gasteiger partial charge in [-0.1, -0.05) is 22.9 Å². The minimum atomic E-state index is -0.112. The highest BCUT2D eigenvalue weighted by molar-refractivity contribution is 9.10. The fourth-order valence-corrected chi connectivity index (χ4v) is 1.84.